The zero-order chi connectivity index (χ0) is 20.5. The predicted octanol–water partition coefficient (Wildman–Crippen LogP) is 4.36. The zero-order valence-corrected chi connectivity index (χ0v) is 15.1. The molecular formula is C20H14F3N5O. The van der Waals surface area contributed by atoms with Crippen LogP contribution in [-0.2, 0) is 7.05 Å². The summed E-state index contributed by atoms with van der Waals surface area (Å²) in [6.07, 6.45) is -1.22. The summed E-state index contributed by atoms with van der Waals surface area (Å²) in [6.45, 7) is 0. The van der Waals surface area contributed by atoms with Crippen molar-refractivity contribution in [3.05, 3.63) is 71.8 Å². The average molecular weight is 397 g/mol. The van der Waals surface area contributed by atoms with Crippen LogP contribution in [0.5, 0.6) is 0 Å². The van der Waals surface area contributed by atoms with Crippen LogP contribution in [0, 0.1) is 5.82 Å². The lowest BCUT2D eigenvalue weighted by molar-refractivity contribution is 0.101. The number of hydrogen-bond donors (Lipinski definition) is 1. The molecule has 1 aromatic carbocycles. The Bertz CT molecular complexity index is 1220. The second kappa shape index (κ2) is 7.34. The molecule has 0 fully saturated rings. The Morgan fingerprint density at radius 3 is 2.76 bits per heavy atom. The average Bonchev–Trinajstić information content (AvgIpc) is 3.09. The van der Waals surface area contributed by atoms with Gasteiger partial charge in [-0.25, -0.2) is 23.1 Å². The van der Waals surface area contributed by atoms with Gasteiger partial charge in [-0.3, -0.25) is 9.48 Å². The Kier molecular flexibility index (Phi) is 4.71. The number of hydrogen-bond acceptors (Lipinski definition) is 4. The Morgan fingerprint density at radius 2 is 1.97 bits per heavy atom. The molecule has 29 heavy (non-hydrogen) atoms. The summed E-state index contributed by atoms with van der Waals surface area (Å²) in [6, 6.07) is 11.5. The third-order valence-electron chi connectivity index (χ3n) is 4.29. The van der Waals surface area contributed by atoms with Gasteiger partial charge in [-0.2, -0.15) is 5.10 Å². The second-order valence-electron chi connectivity index (χ2n) is 6.31. The van der Waals surface area contributed by atoms with Crippen LogP contribution in [0.3, 0.4) is 0 Å². The minimum Gasteiger partial charge on any atom is -0.305 e. The van der Waals surface area contributed by atoms with Crippen molar-refractivity contribution >= 4 is 22.8 Å². The van der Waals surface area contributed by atoms with Crippen molar-refractivity contribution in [3.63, 3.8) is 0 Å². The number of nitrogens with zero attached hydrogens (tertiary/aromatic N) is 4. The van der Waals surface area contributed by atoms with Crippen LogP contribution in [0.25, 0.3) is 22.3 Å². The number of nitrogens with one attached hydrogen (secondary N) is 1. The van der Waals surface area contributed by atoms with E-state index < -0.39 is 23.7 Å². The van der Waals surface area contributed by atoms with Gasteiger partial charge in [0.1, 0.15) is 17.3 Å². The van der Waals surface area contributed by atoms with Crippen LogP contribution < -0.4 is 5.32 Å². The van der Waals surface area contributed by atoms with Crippen molar-refractivity contribution in [2.75, 3.05) is 5.32 Å². The Balaban J connectivity index is 1.62. The number of aryl methyl sites for hydroxylation is 1. The smallest absolute Gasteiger partial charge is 0.275 e. The molecule has 0 saturated carbocycles. The van der Waals surface area contributed by atoms with E-state index >= 15 is 0 Å². The summed E-state index contributed by atoms with van der Waals surface area (Å²) in [4.78, 5) is 21.0. The molecule has 0 aliphatic heterocycles. The minimum absolute atomic E-state index is 0.156. The van der Waals surface area contributed by atoms with E-state index in [1.165, 1.54) is 17.8 Å². The number of benzene rings is 1. The molecule has 0 radical (unpaired) electrons. The van der Waals surface area contributed by atoms with Gasteiger partial charge < -0.3 is 5.32 Å². The van der Waals surface area contributed by atoms with E-state index in [1.54, 1.807) is 24.4 Å². The maximum atomic E-state index is 13.7. The number of fused-ring (bicyclic) bond motifs is 1. The number of anilines is 1. The number of rotatable bonds is 4. The van der Waals surface area contributed by atoms with Gasteiger partial charge in [-0.15, -0.1) is 0 Å². The SMILES string of the molecule is Cn1nc(-c2cc(F)cc(C(F)F)c2)cc1C(=O)Nc1ccc2cccnc2n1. The Morgan fingerprint density at radius 1 is 1.14 bits per heavy atom. The number of pyridine rings is 2. The first-order chi connectivity index (χ1) is 13.9. The van der Waals surface area contributed by atoms with Crippen LogP contribution in [0.15, 0.2) is 54.7 Å². The Labute approximate surface area is 163 Å². The monoisotopic (exact) mass is 397 g/mol. The van der Waals surface area contributed by atoms with Crippen LogP contribution in [-0.4, -0.2) is 25.7 Å². The molecule has 0 bridgehead atoms. The van der Waals surface area contributed by atoms with Crippen molar-refractivity contribution in [1.82, 2.24) is 19.7 Å². The first kappa shape index (κ1) is 18.6. The van der Waals surface area contributed by atoms with E-state index in [2.05, 4.69) is 20.4 Å². The molecule has 3 heterocycles. The number of amides is 1. The van der Waals surface area contributed by atoms with E-state index in [4.69, 9.17) is 0 Å². The highest BCUT2D eigenvalue weighted by molar-refractivity contribution is 6.03. The molecule has 0 spiro atoms. The number of aromatic nitrogens is 4. The number of alkyl halides is 2. The molecule has 0 unspecified atom stereocenters. The van der Waals surface area contributed by atoms with Gasteiger partial charge in [0.15, 0.2) is 5.65 Å². The fraction of sp³-hybridized carbons (Fsp3) is 0.100. The molecule has 9 heteroatoms. The molecule has 0 aliphatic rings. The van der Waals surface area contributed by atoms with E-state index in [0.29, 0.717) is 11.5 Å². The Hall–Kier alpha value is -3.75. The quantitative estimate of drug-likeness (QED) is 0.555. The third-order valence-corrected chi connectivity index (χ3v) is 4.29. The lowest BCUT2D eigenvalue weighted by Crippen LogP contribution is -2.16. The molecule has 0 aliphatic carbocycles. The first-order valence-electron chi connectivity index (χ1n) is 8.57. The fourth-order valence-corrected chi connectivity index (χ4v) is 2.91. The maximum Gasteiger partial charge on any atom is 0.275 e. The standard InChI is InChI=1S/C20H14F3N5O/c1-28-16(10-15(27-28)12-7-13(18(22)23)9-14(21)8-12)20(29)26-17-5-4-11-3-2-6-24-19(11)25-17/h2-10,18H,1H3,(H,24,25,26,29). The van der Waals surface area contributed by atoms with Gasteiger partial charge in [0.25, 0.3) is 12.3 Å². The molecule has 1 amide bonds. The molecule has 4 rings (SSSR count). The summed E-state index contributed by atoms with van der Waals surface area (Å²) < 4.78 is 40.9. The maximum absolute atomic E-state index is 13.7. The minimum atomic E-state index is -2.82. The first-order valence-corrected chi connectivity index (χ1v) is 8.57. The molecule has 1 N–H and O–H groups in total. The third kappa shape index (κ3) is 3.79. The van der Waals surface area contributed by atoms with Gasteiger partial charge in [0.2, 0.25) is 0 Å². The number of carbonyl (C=O) groups is 1. The number of carbonyl (C=O) groups excluding carboxylic acids is 1. The molecule has 0 atom stereocenters. The van der Waals surface area contributed by atoms with Crippen LogP contribution >= 0.6 is 0 Å². The van der Waals surface area contributed by atoms with E-state index in [0.717, 1.165) is 23.6 Å². The summed E-state index contributed by atoms with van der Waals surface area (Å²) in [7, 11) is 1.53. The summed E-state index contributed by atoms with van der Waals surface area (Å²) in [5.74, 6) is -1.00. The molecule has 146 valence electrons. The van der Waals surface area contributed by atoms with Gasteiger partial charge in [0, 0.05) is 29.8 Å². The van der Waals surface area contributed by atoms with Crippen molar-refractivity contribution < 1.29 is 18.0 Å². The largest absolute Gasteiger partial charge is 0.305 e. The fourth-order valence-electron chi connectivity index (χ4n) is 2.91. The predicted molar refractivity (Wildman–Crippen MR) is 101 cm³/mol. The van der Waals surface area contributed by atoms with Crippen LogP contribution in [0.1, 0.15) is 22.5 Å². The summed E-state index contributed by atoms with van der Waals surface area (Å²) in [5.41, 5.74) is 0.542. The topological polar surface area (TPSA) is 72.7 Å². The number of halogens is 3. The highest BCUT2D eigenvalue weighted by Gasteiger charge is 2.17. The van der Waals surface area contributed by atoms with Gasteiger partial charge in [-0.1, -0.05) is 0 Å². The van der Waals surface area contributed by atoms with Crippen molar-refractivity contribution in [1.29, 1.82) is 0 Å². The van der Waals surface area contributed by atoms with Crippen LogP contribution in [0.4, 0.5) is 19.0 Å². The summed E-state index contributed by atoms with van der Waals surface area (Å²) in [5, 5.41) is 7.63. The lowest BCUT2D eigenvalue weighted by atomic mass is 10.1. The normalized spacial score (nSPS) is 11.2. The van der Waals surface area contributed by atoms with Gasteiger partial charge in [-0.05, 0) is 48.5 Å². The highest BCUT2D eigenvalue weighted by Crippen LogP contribution is 2.27. The summed E-state index contributed by atoms with van der Waals surface area (Å²) >= 11 is 0. The van der Waals surface area contributed by atoms with Gasteiger partial charge in [0.05, 0.1) is 5.69 Å². The lowest BCUT2D eigenvalue weighted by Gasteiger charge is -2.05. The van der Waals surface area contributed by atoms with Crippen molar-refractivity contribution in [2.45, 2.75) is 6.43 Å². The van der Waals surface area contributed by atoms with Crippen molar-refractivity contribution in [3.8, 4) is 11.3 Å². The van der Waals surface area contributed by atoms with E-state index in [9.17, 15) is 18.0 Å². The molecule has 3 aromatic heterocycles. The highest BCUT2D eigenvalue weighted by atomic mass is 19.3. The molecule has 0 saturated heterocycles. The van der Waals surface area contributed by atoms with Gasteiger partial charge >= 0.3 is 0 Å². The van der Waals surface area contributed by atoms with E-state index in [-0.39, 0.29) is 17.0 Å². The zero-order valence-electron chi connectivity index (χ0n) is 15.1. The molecule has 4 aromatic rings. The van der Waals surface area contributed by atoms with Crippen molar-refractivity contribution in [2.24, 2.45) is 7.05 Å². The molecule has 6 nitrogen and oxygen atoms in total. The van der Waals surface area contributed by atoms with E-state index in [1.807, 2.05) is 6.07 Å². The molecular weight excluding hydrogens is 383 g/mol. The van der Waals surface area contributed by atoms with Crippen LogP contribution in [0.2, 0.25) is 0 Å². The second-order valence-corrected chi connectivity index (χ2v) is 6.31.